The number of carbonyl (C=O) groups is 2. The number of likely N-dealkylation sites (N-methyl/N-ethyl adjacent to an activating group) is 1. The largest absolute Gasteiger partial charge is 0.493 e. The Morgan fingerprint density at radius 1 is 1.21 bits per heavy atom. The molecule has 1 N–H and O–H groups in total. The number of halogens is 2. The first kappa shape index (κ1) is 21.6. The predicted molar refractivity (Wildman–Crippen MR) is 100 cm³/mol. The highest BCUT2D eigenvalue weighted by Crippen LogP contribution is 2.29. The van der Waals surface area contributed by atoms with E-state index in [-0.39, 0.29) is 23.3 Å². The van der Waals surface area contributed by atoms with Crippen LogP contribution in [0.2, 0.25) is 0 Å². The van der Waals surface area contributed by atoms with Crippen LogP contribution in [0.15, 0.2) is 24.3 Å². The summed E-state index contributed by atoms with van der Waals surface area (Å²) in [6.07, 6.45) is 3.03. The van der Waals surface area contributed by atoms with Gasteiger partial charge in [-0.15, -0.1) is 0 Å². The number of piperazine rings is 1. The first-order valence-corrected chi connectivity index (χ1v) is 9.01. The summed E-state index contributed by atoms with van der Waals surface area (Å²) < 4.78 is 34.2. The Balaban J connectivity index is 1.89. The Morgan fingerprint density at radius 3 is 2.54 bits per heavy atom. The van der Waals surface area contributed by atoms with Crippen molar-refractivity contribution in [3.63, 3.8) is 0 Å². The number of hydrogen-bond acceptors (Lipinski definition) is 5. The average Bonchev–Trinajstić information content (AvgIpc) is 2.67. The smallest absolute Gasteiger partial charge is 0.387 e. The van der Waals surface area contributed by atoms with Crippen molar-refractivity contribution in [2.24, 2.45) is 0 Å². The van der Waals surface area contributed by atoms with E-state index in [0.29, 0.717) is 44.8 Å². The minimum atomic E-state index is -2.94. The molecule has 0 unspecified atom stereocenters. The molecule has 0 spiro atoms. The highest BCUT2D eigenvalue weighted by atomic mass is 19.3. The summed E-state index contributed by atoms with van der Waals surface area (Å²) in [5, 5.41) is 2.76. The highest BCUT2D eigenvalue weighted by molar-refractivity contribution is 5.92. The van der Waals surface area contributed by atoms with Crippen LogP contribution >= 0.6 is 0 Å². The number of methoxy groups -OCH3 is 1. The summed E-state index contributed by atoms with van der Waals surface area (Å²) in [4.78, 5) is 27.7. The zero-order valence-electron chi connectivity index (χ0n) is 16.0. The highest BCUT2D eigenvalue weighted by Gasteiger charge is 2.21. The average molecular weight is 397 g/mol. The topological polar surface area (TPSA) is 71.1 Å². The molecule has 1 aliphatic rings. The number of benzene rings is 1. The Labute approximate surface area is 162 Å². The van der Waals surface area contributed by atoms with Gasteiger partial charge in [0.25, 0.3) is 0 Å². The molecule has 0 radical (unpaired) electrons. The van der Waals surface area contributed by atoms with Gasteiger partial charge in [0.2, 0.25) is 11.8 Å². The lowest BCUT2D eigenvalue weighted by Gasteiger charge is -2.33. The predicted octanol–water partition coefficient (Wildman–Crippen LogP) is 1.59. The molecule has 1 heterocycles. The number of alkyl halides is 2. The second-order valence-electron chi connectivity index (χ2n) is 6.18. The standard InChI is InChI=1S/C19H25F2N3O4/c1-3-22-17(25)13-23-8-10-24(11-9-23)18(26)7-5-14-4-6-15(28-19(20)21)16(12-14)27-2/h4-7,12,19H,3,8-11,13H2,1-2H3,(H,22,25)/b7-5+. The Bertz CT molecular complexity index is 704. The summed E-state index contributed by atoms with van der Waals surface area (Å²) in [5.41, 5.74) is 0.627. The van der Waals surface area contributed by atoms with E-state index in [4.69, 9.17) is 4.74 Å². The van der Waals surface area contributed by atoms with Crippen LogP contribution in [0.1, 0.15) is 12.5 Å². The fourth-order valence-corrected chi connectivity index (χ4v) is 2.84. The first-order chi connectivity index (χ1) is 13.4. The molecule has 9 heteroatoms. The zero-order valence-corrected chi connectivity index (χ0v) is 16.0. The van der Waals surface area contributed by atoms with Gasteiger partial charge in [0.15, 0.2) is 11.5 Å². The number of carbonyl (C=O) groups excluding carboxylic acids is 2. The van der Waals surface area contributed by atoms with Crippen molar-refractivity contribution in [1.82, 2.24) is 15.1 Å². The Morgan fingerprint density at radius 2 is 1.93 bits per heavy atom. The number of nitrogens with one attached hydrogen (secondary N) is 1. The molecular weight excluding hydrogens is 372 g/mol. The zero-order chi connectivity index (χ0) is 20.5. The fourth-order valence-electron chi connectivity index (χ4n) is 2.84. The van der Waals surface area contributed by atoms with E-state index in [2.05, 4.69) is 10.1 Å². The second-order valence-corrected chi connectivity index (χ2v) is 6.18. The molecule has 1 aromatic carbocycles. The van der Waals surface area contributed by atoms with Gasteiger partial charge in [-0.1, -0.05) is 6.07 Å². The third-order valence-corrected chi connectivity index (χ3v) is 4.25. The Kier molecular flexibility index (Phi) is 8.19. The van der Waals surface area contributed by atoms with Gasteiger partial charge in [-0.25, -0.2) is 0 Å². The molecule has 2 amide bonds. The van der Waals surface area contributed by atoms with Gasteiger partial charge in [-0.3, -0.25) is 14.5 Å². The maximum Gasteiger partial charge on any atom is 0.387 e. The lowest BCUT2D eigenvalue weighted by molar-refractivity contribution is -0.128. The van der Waals surface area contributed by atoms with Gasteiger partial charge < -0.3 is 19.7 Å². The lowest BCUT2D eigenvalue weighted by Crippen LogP contribution is -2.50. The van der Waals surface area contributed by atoms with Gasteiger partial charge >= 0.3 is 6.61 Å². The van der Waals surface area contributed by atoms with E-state index in [0.717, 1.165) is 0 Å². The quantitative estimate of drug-likeness (QED) is 0.675. The van der Waals surface area contributed by atoms with E-state index >= 15 is 0 Å². The van der Waals surface area contributed by atoms with E-state index in [1.165, 1.54) is 25.3 Å². The van der Waals surface area contributed by atoms with E-state index in [1.54, 1.807) is 17.0 Å². The van der Waals surface area contributed by atoms with Gasteiger partial charge in [0.1, 0.15) is 0 Å². The lowest BCUT2D eigenvalue weighted by atomic mass is 10.2. The fraction of sp³-hybridized carbons (Fsp3) is 0.474. The molecule has 1 fully saturated rings. The van der Waals surface area contributed by atoms with Gasteiger partial charge in [0.05, 0.1) is 13.7 Å². The summed E-state index contributed by atoms with van der Waals surface area (Å²) >= 11 is 0. The minimum Gasteiger partial charge on any atom is -0.493 e. The molecule has 0 aliphatic carbocycles. The van der Waals surface area contributed by atoms with Crippen LogP contribution in [0.4, 0.5) is 8.78 Å². The number of hydrogen-bond donors (Lipinski definition) is 1. The number of nitrogens with zero attached hydrogens (tertiary/aromatic N) is 2. The first-order valence-electron chi connectivity index (χ1n) is 9.01. The Hall–Kier alpha value is -2.68. The molecule has 0 aromatic heterocycles. The molecule has 0 saturated carbocycles. The number of ether oxygens (including phenoxy) is 2. The maximum atomic E-state index is 12.4. The van der Waals surface area contributed by atoms with Crippen molar-refractivity contribution in [3.05, 3.63) is 29.8 Å². The molecule has 0 bridgehead atoms. The van der Waals surface area contributed by atoms with Crippen molar-refractivity contribution >= 4 is 17.9 Å². The summed E-state index contributed by atoms with van der Waals surface area (Å²) in [5.74, 6) is -0.0713. The summed E-state index contributed by atoms with van der Waals surface area (Å²) in [7, 11) is 1.35. The van der Waals surface area contributed by atoms with Crippen LogP contribution in [0.25, 0.3) is 6.08 Å². The van der Waals surface area contributed by atoms with Gasteiger partial charge in [0, 0.05) is 38.8 Å². The molecule has 1 aromatic rings. The molecule has 2 rings (SSSR count). The van der Waals surface area contributed by atoms with Crippen molar-refractivity contribution in [2.75, 3.05) is 46.4 Å². The van der Waals surface area contributed by atoms with Crippen LogP contribution in [0.3, 0.4) is 0 Å². The van der Waals surface area contributed by atoms with E-state index in [9.17, 15) is 18.4 Å². The van der Waals surface area contributed by atoms with E-state index < -0.39 is 6.61 Å². The monoisotopic (exact) mass is 397 g/mol. The van der Waals surface area contributed by atoms with Crippen molar-refractivity contribution in [3.8, 4) is 11.5 Å². The molecule has 28 heavy (non-hydrogen) atoms. The molecule has 0 atom stereocenters. The van der Waals surface area contributed by atoms with Crippen LogP contribution < -0.4 is 14.8 Å². The third-order valence-electron chi connectivity index (χ3n) is 4.25. The normalized spacial score (nSPS) is 15.1. The van der Waals surface area contributed by atoms with Crippen LogP contribution in [0, 0.1) is 0 Å². The van der Waals surface area contributed by atoms with Crippen LogP contribution in [0.5, 0.6) is 11.5 Å². The van der Waals surface area contributed by atoms with Crippen molar-refractivity contribution in [2.45, 2.75) is 13.5 Å². The number of rotatable bonds is 8. The van der Waals surface area contributed by atoms with Crippen LogP contribution in [-0.4, -0.2) is 74.6 Å². The molecule has 1 aliphatic heterocycles. The molecule has 1 saturated heterocycles. The summed E-state index contributed by atoms with van der Waals surface area (Å²) in [6, 6.07) is 4.45. The van der Waals surface area contributed by atoms with Gasteiger partial charge in [-0.05, 0) is 30.7 Å². The maximum absolute atomic E-state index is 12.4. The van der Waals surface area contributed by atoms with Crippen LogP contribution in [-0.2, 0) is 9.59 Å². The third kappa shape index (κ3) is 6.49. The van der Waals surface area contributed by atoms with Crippen molar-refractivity contribution < 1.29 is 27.8 Å². The summed E-state index contributed by atoms with van der Waals surface area (Å²) in [6.45, 7) is 2.19. The molecule has 7 nitrogen and oxygen atoms in total. The molecular formula is C19H25F2N3O4. The second kappa shape index (κ2) is 10.6. The SMILES string of the molecule is CCNC(=O)CN1CCN(C(=O)/C=C/c2ccc(OC(F)F)c(OC)c2)CC1. The van der Waals surface area contributed by atoms with E-state index in [1.807, 2.05) is 11.8 Å². The van der Waals surface area contributed by atoms with Gasteiger partial charge in [-0.2, -0.15) is 8.78 Å². The minimum absolute atomic E-state index is 0.0182. The molecule has 154 valence electrons. The number of amides is 2. The van der Waals surface area contributed by atoms with Crippen molar-refractivity contribution in [1.29, 1.82) is 0 Å².